The van der Waals surface area contributed by atoms with E-state index in [1.807, 2.05) is 30.3 Å². The zero-order chi connectivity index (χ0) is 21.4. The Labute approximate surface area is 162 Å². The van der Waals surface area contributed by atoms with Gasteiger partial charge in [-0.2, -0.15) is 8.78 Å². The van der Waals surface area contributed by atoms with Crippen molar-refractivity contribution in [2.75, 3.05) is 0 Å². The first-order valence-corrected chi connectivity index (χ1v) is 8.01. The summed E-state index contributed by atoms with van der Waals surface area (Å²) >= 11 is 0. The van der Waals surface area contributed by atoms with Gasteiger partial charge in [0.1, 0.15) is 18.1 Å². The molecular formula is C19H14F2N2O6. The van der Waals surface area contributed by atoms with Crippen LogP contribution in [0.25, 0.3) is 0 Å². The molecule has 150 valence electrons. The first-order valence-electron chi connectivity index (χ1n) is 8.01. The summed E-state index contributed by atoms with van der Waals surface area (Å²) in [6.45, 7) is 0.290. The molecule has 8 nitrogen and oxygen atoms in total. The number of phenols is 1. The van der Waals surface area contributed by atoms with Gasteiger partial charge >= 0.3 is 11.4 Å². The quantitative estimate of drug-likeness (QED) is 0.484. The molecule has 0 amide bonds. The molecule has 3 aromatic rings. The number of halogens is 2. The number of nitro groups is 2. The van der Waals surface area contributed by atoms with Gasteiger partial charge in [-0.3, -0.25) is 20.2 Å². The van der Waals surface area contributed by atoms with E-state index in [9.17, 15) is 29.0 Å². The van der Waals surface area contributed by atoms with Crippen molar-refractivity contribution in [2.45, 2.75) is 6.61 Å². The third-order valence-electron chi connectivity index (χ3n) is 3.49. The smallest absolute Gasteiger partial charge is 0.305 e. The highest BCUT2D eigenvalue weighted by atomic mass is 19.1. The Morgan fingerprint density at radius 1 is 0.828 bits per heavy atom. The summed E-state index contributed by atoms with van der Waals surface area (Å²) in [5.74, 6) is -1.99. The van der Waals surface area contributed by atoms with Crippen LogP contribution in [-0.4, -0.2) is 15.0 Å². The van der Waals surface area contributed by atoms with Crippen molar-refractivity contribution >= 4 is 11.4 Å². The number of nitro benzene ring substituents is 2. The van der Waals surface area contributed by atoms with E-state index >= 15 is 0 Å². The van der Waals surface area contributed by atoms with Gasteiger partial charge in [0.2, 0.25) is 11.6 Å². The summed E-state index contributed by atoms with van der Waals surface area (Å²) in [7, 11) is 0. The van der Waals surface area contributed by atoms with Crippen molar-refractivity contribution in [2.24, 2.45) is 0 Å². The number of aromatic hydroxyl groups is 1. The lowest BCUT2D eigenvalue weighted by Gasteiger charge is -2.06. The monoisotopic (exact) mass is 404 g/mol. The minimum absolute atomic E-state index is 0.266. The second kappa shape index (κ2) is 9.74. The zero-order valence-corrected chi connectivity index (χ0v) is 14.7. The van der Waals surface area contributed by atoms with Crippen LogP contribution in [0, 0.1) is 31.9 Å². The molecule has 0 saturated carbocycles. The molecule has 0 radical (unpaired) electrons. The van der Waals surface area contributed by atoms with Gasteiger partial charge in [-0.05, 0) is 17.7 Å². The fraction of sp³-hybridized carbons (Fsp3) is 0.0526. The third kappa shape index (κ3) is 6.24. The lowest BCUT2D eigenvalue weighted by atomic mass is 10.2. The third-order valence-corrected chi connectivity index (χ3v) is 3.49. The van der Waals surface area contributed by atoms with Crippen LogP contribution in [0.15, 0.2) is 66.7 Å². The van der Waals surface area contributed by atoms with E-state index in [1.54, 1.807) is 0 Å². The average molecular weight is 404 g/mol. The predicted molar refractivity (Wildman–Crippen MR) is 98.5 cm³/mol. The molecule has 3 rings (SSSR count). The molecule has 0 atom stereocenters. The second-order valence-electron chi connectivity index (χ2n) is 5.54. The molecule has 1 N–H and O–H groups in total. The summed E-state index contributed by atoms with van der Waals surface area (Å²) in [4.78, 5) is 18.8. The Hall–Kier alpha value is -4.08. The van der Waals surface area contributed by atoms with E-state index in [2.05, 4.69) is 0 Å². The summed E-state index contributed by atoms with van der Waals surface area (Å²) in [5, 5.41) is 29.1. The molecule has 0 heterocycles. The van der Waals surface area contributed by atoms with Crippen LogP contribution in [0.1, 0.15) is 5.56 Å². The summed E-state index contributed by atoms with van der Waals surface area (Å²) in [6.07, 6.45) is 0. The lowest BCUT2D eigenvalue weighted by Crippen LogP contribution is -1.97. The SMILES string of the molecule is O=[N+]([O-])c1ccc(O)cc1F.O=[N+]([O-])c1ccc(OCc2ccccc2)cc1F. The fourth-order valence-corrected chi connectivity index (χ4v) is 2.11. The fourth-order valence-electron chi connectivity index (χ4n) is 2.11. The zero-order valence-electron chi connectivity index (χ0n) is 14.7. The topological polar surface area (TPSA) is 116 Å². The largest absolute Gasteiger partial charge is 0.508 e. The highest BCUT2D eigenvalue weighted by Crippen LogP contribution is 2.23. The molecule has 0 unspecified atom stereocenters. The van der Waals surface area contributed by atoms with Gasteiger partial charge < -0.3 is 9.84 Å². The van der Waals surface area contributed by atoms with Crippen molar-refractivity contribution in [1.82, 2.24) is 0 Å². The number of hydrogen-bond donors (Lipinski definition) is 1. The maximum atomic E-state index is 13.3. The van der Waals surface area contributed by atoms with Gasteiger partial charge in [0.15, 0.2) is 0 Å². The molecule has 0 saturated heterocycles. The number of phenolic OH excluding ortho intramolecular Hbond substituents is 1. The number of rotatable bonds is 5. The van der Waals surface area contributed by atoms with Crippen LogP contribution in [0.5, 0.6) is 11.5 Å². The summed E-state index contributed by atoms with van der Waals surface area (Å²) in [6, 6.07) is 15.5. The number of nitrogens with zero attached hydrogens (tertiary/aromatic N) is 2. The van der Waals surface area contributed by atoms with Crippen molar-refractivity contribution in [1.29, 1.82) is 0 Å². The molecule has 10 heteroatoms. The van der Waals surface area contributed by atoms with Crippen LogP contribution in [0.4, 0.5) is 20.2 Å². The highest BCUT2D eigenvalue weighted by molar-refractivity contribution is 5.38. The van der Waals surface area contributed by atoms with Crippen molar-refractivity contribution in [3.8, 4) is 11.5 Å². The predicted octanol–water partition coefficient (Wildman–Crippen LogP) is 4.75. The number of benzene rings is 3. The van der Waals surface area contributed by atoms with Crippen LogP contribution in [0.2, 0.25) is 0 Å². The maximum absolute atomic E-state index is 13.3. The molecule has 29 heavy (non-hydrogen) atoms. The van der Waals surface area contributed by atoms with Crippen molar-refractivity contribution in [3.63, 3.8) is 0 Å². The minimum atomic E-state index is -1.03. The second-order valence-corrected chi connectivity index (χ2v) is 5.54. The normalized spacial score (nSPS) is 9.86. The molecule has 0 aliphatic rings. The molecule has 3 aromatic carbocycles. The highest BCUT2D eigenvalue weighted by Gasteiger charge is 2.14. The Balaban J connectivity index is 0.000000234. The van der Waals surface area contributed by atoms with Gasteiger partial charge in [0.05, 0.1) is 9.85 Å². The van der Waals surface area contributed by atoms with Gasteiger partial charge in [0, 0.05) is 24.3 Å². The van der Waals surface area contributed by atoms with Crippen LogP contribution >= 0.6 is 0 Å². The Bertz CT molecular complexity index is 1010. The van der Waals surface area contributed by atoms with E-state index in [1.165, 1.54) is 6.07 Å². The minimum Gasteiger partial charge on any atom is -0.508 e. The molecule has 0 spiro atoms. The van der Waals surface area contributed by atoms with Crippen LogP contribution in [-0.2, 0) is 6.61 Å². The maximum Gasteiger partial charge on any atom is 0.305 e. The van der Waals surface area contributed by atoms with E-state index in [4.69, 9.17) is 9.84 Å². The van der Waals surface area contributed by atoms with Gasteiger partial charge in [-0.25, -0.2) is 0 Å². The lowest BCUT2D eigenvalue weighted by molar-refractivity contribution is -0.387. The Morgan fingerprint density at radius 2 is 1.38 bits per heavy atom. The van der Waals surface area contributed by atoms with E-state index in [-0.39, 0.29) is 18.1 Å². The van der Waals surface area contributed by atoms with E-state index in [0.29, 0.717) is 6.07 Å². The van der Waals surface area contributed by atoms with Crippen molar-refractivity contribution < 1.29 is 28.5 Å². The standard InChI is InChI=1S/C13H10FNO3.C6H4FNO3/c14-12-8-11(6-7-13(12)15(16)17)18-9-10-4-2-1-3-5-10;7-5-3-4(9)1-2-6(5)8(10)11/h1-8H,9H2;1-3,9H. The Kier molecular flexibility index (Phi) is 7.13. The van der Waals surface area contributed by atoms with Crippen LogP contribution in [0.3, 0.4) is 0 Å². The van der Waals surface area contributed by atoms with Gasteiger partial charge in [0.25, 0.3) is 0 Å². The first kappa shape index (κ1) is 21.2. The first-order chi connectivity index (χ1) is 13.8. The molecule has 0 fully saturated rings. The Morgan fingerprint density at radius 3 is 1.90 bits per heavy atom. The van der Waals surface area contributed by atoms with E-state index < -0.39 is 32.9 Å². The number of ether oxygens (including phenoxy) is 1. The number of hydrogen-bond acceptors (Lipinski definition) is 6. The van der Waals surface area contributed by atoms with Gasteiger partial charge in [-0.1, -0.05) is 30.3 Å². The average Bonchev–Trinajstić information content (AvgIpc) is 2.67. The molecule has 0 aliphatic carbocycles. The van der Waals surface area contributed by atoms with E-state index in [0.717, 1.165) is 29.8 Å². The van der Waals surface area contributed by atoms with Gasteiger partial charge in [-0.15, -0.1) is 0 Å². The molecule has 0 aliphatic heterocycles. The summed E-state index contributed by atoms with van der Waals surface area (Å²) in [5.41, 5.74) is -0.249. The molecule has 0 aromatic heterocycles. The molecule has 0 bridgehead atoms. The molecular weight excluding hydrogens is 390 g/mol. The van der Waals surface area contributed by atoms with Crippen molar-refractivity contribution in [3.05, 3.63) is 104 Å². The van der Waals surface area contributed by atoms with Crippen LogP contribution < -0.4 is 4.74 Å². The summed E-state index contributed by atoms with van der Waals surface area (Å²) < 4.78 is 31.1.